The smallest absolute Gasteiger partial charge is 0.744 e. The zero-order valence-electron chi connectivity index (χ0n) is 25.1. The van der Waals surface area contributed by atoms with Gasteiger partial charge in [-0.3, -0.25) is 19.4 Å². The van der Waals surface area contributed by atoms with Gasteiger partial charge in [0, 0.05) is 46.1 Å². The van der Waals surface area contributed by atoms with Gasteiger partial charge in [-0.1, -0.05) is 62.2 Å². The summed E-state index contributed by atoms with van der Waals surface area (Å²) in [5, 5.41) is 18.0. The topological polar surface area (TPSA) is 200 Å². The minimum atomic E-state index is -5.11. The molecule has 0 bridgehead atoms. The van der Waals surface area contributed by atoms with E-state index in [9.17, 15) is 27.4 Å². The number of hydrogen-bond donors (Lipinski definition) is 3. The van der Waals surface area contributed by atoms with E-state index in [1.807, 2.05) is 6.92 Å². The van der Waals surface area contributed by atoms with Crippen molar-refractivity contribution < 1.29 is 101 Å². The Kier molecular flexibility index (Phi) is 16.9. The number of alkyl halides is 2. The van der Waals surface area contributed by atoms with Gasteiger partial charge in [0.2, 0.25) is 5.91 Å². The predicted octanol–water partition coefficient (Wildman–Crippen LogP) is -1.79. The van der Waals surface area contributed by atoms with Crippen LogP contribution < -0.4 is 80.7 Å². The molecule has 0 heterocycles. The molecular formula is C27H25Br2N3Na2O9S2. The molecule has 1 unspecified atom stereocenters. The first-order valence-corrected chi connectivity index (χ1v) is 16.8. The average molecular weight is 805 g/mol. The van der Waals surface area contributed by atoms with Crippen molar-refractivity contribution in [2.75, 3.05) is 28.0 Å². The number of hydrogen-bond acceptors (Lipinski definition) is 12. The van der Waals surface area contributed by atoms with E-state index >= 15 is 0 Å². The molecule has 12 nitrogen and oxygen atoms in total. The van der Waals surface area contributed by atoms with Crippen LogP contribution in [-0.2, 0) is 24.3 Å². The van der Waals surface area contributed by atoms with Crippen LogP contribution in [0, 0.1) is 20.8 Å². The van der Waals surface area contributed by atoms with Gasteiger partial charge in [-0.05, 0) is 43.5 Å². The summed E-state index contributed by atoms with van der Waals surface area (Å²) in [4.78, 5) is 38.2. The zero-order valence-corrected chi connectivity index (χ0v) is 33.9. The van der Waals surface area contributed by atoms with Crippen LogP contribution in [0.1, 0.15) is 48.5 Å². The number of amides is 1. The number of nitrogens with one attached hydrogen (secondary N) is 2. The average Bonchev–Trinajstić information content (AvgIpc) is 2.96. The maximum absolute atomic E-state index is 13.6. The number of carbonyl (C=O) groups is 3. The fourth-order valence-corrected chi connectivity index (χ4v) is 5.70. The molecule has 0 aromatic heterocycles. The third-order valence-corrected chi connectivity index (χ3v) is 9.79. The third-order valence-electron chi connectivity index (χ3n) is 6.46. The largest absolute Gasteiger partial charge is 1.00 e. The number of nitrogen functional groups attached to an aromatic ring is 1. The molecule has 0 radical (unpaired) electrons. The van der Waals surface area contributed by atoms with Gasteiger partial charge in [0.25, 0.3) is 0 Å². The van der Waals surface area contributed by atoms with E-state index in [4.69, 9.17) is 11.0 Å². The maximum Gasteiger partial charge on any atom is 1.00 e. The molecule has 4 N–H and O–H groups in total. The number of benzene rings is 3. The summed E-state index contributed by atoms with van der Waals surface area (Å²) in [5.74, 6) is -1.50. The van der Waals surface area contributed by atoms with Crippen LogP contribution in [0.3, 0.4) is 0 Å². The first-order chi connectivity index (χ1) is 20.2. The quantitative estimate of drug-likeness (QED) is 0.0345. The first-order valence-electron chi connectivity index (χ1n) is 12.2. The normalized spacial score (nSPS) is 12.4. The maximum atomic E-state index is 13.6. The van der Waals surface area contributed by atoms with Crippen LogP contribution in [0.2, 0.25) is 0 Å². The van der Waals surface area contributed by atoms with Gasteiger partial charge in [-0.25, -0.2) is 8.42 Å². The van der Waals surface area contributed by atoms with E-state index in [-0.39, 0.29) is 93.0 Å². The van der Waals surface area contributed by atoms with E-state index in [1.54, 1.807) is 38.3 Å². The molecule has 18 heteroatoms. The number of anilines is 4. The fourth-order valence-electron chi connectivity index (χ4n) is 4.60. The van der Waals surface area contributed by atoms with Crippen LogP contribution in [0.15, 0.2) is 41.3 Å². The molecule has 0 saturated carbocycles. The Morgan fingerprint density at radius 1 is 1.02 bits per heavy atom. The summed E-state index contributed by atoms with van der Waals surface area (Å²) < 4.78 is 40.0. The number of halogens is 2. The molecule has 1 amide bonds. The van der Waals surface area contributed by atoms with Crippen molar-refractivity contribution in [3.05, 3.63) is 75.3 Å². The zero-order chi connectivity index (χ0) is 32.2. The third kappa shape index (κ3) is 9.41. The summed E-state index contributed by atoms with van der Waals surface area (Å²) in [6.45, 7) is 5.35. The number of fused-ring (bicyclic) bond motifs is 2. The minimum Gasteiger partial charge on any atom is -0.744 e. The Balaban J connectivity index is 0.00000134. The predicted molar refractivity (Wildman–Crippen MR) is 167 cm³/mol. The number of aryl methyl sites for hydroxylation is 2. The van der Waals surface area contributed by atoms with Crippen molar-refractivity contribution in [3.63, 3.8) is 0 Å². The molecule has 230 valence electrons. The Hall–Kier alpha value is -0.830. The summed E-state index contributed by atoms with van der Waals surface area (Å²) in [6.07, 6.45) is 1.58. The van der Waals surface area contributed by atoms with Gasteiger partial charge in [0.1, 0.15) is 14.9 Å². The second kappa shape index (κ2) is 18.1. The molecule has 3 aromatic carbocycles. The van der Waals surface area contributed by atoms with E-state index in [0.717, 1.165) is 23.7 Å². The minimum absolute atomic E-state index is 0. The monoisotopic (exact) mass is 803 g/mol. The molecule has 1 atom stereocenters. The van der Waals surface area contributed by atoms with E-state index in [1.165, 1.54) is 12.1 Å². The van der Waals surface area contributed by atoms with Crippen LogP contribution in [-0.4, -0.2) is 46.9 Å². The Labute approximate surface area is 325 Å². The number of nitrogens with two attached hydrogens (primary N) is 1. The van der Waals surface area contributed by atoms with Crippen molar-refractivity contribution in [2.45, 2.75) is 30.5 Å². The Bertz CT molecular complexity index is 1730. The van der Waals surface area contributed by atoms with Gasteiger partial charge < -0.3 is 26.2 Å². The van der Waals surface area contributed by atoms with Gasteiger partial charge in [0.15, 0.2) is 11.6 Å². The molecule has 0 spiro atoms. The van der Waals surface area contributed by atoms with Gasteiger partial charge >= 0.3 is 59.1 Å². The summed E-state index contributed by atoms with van der Waals surface area (Å²) in [7, 11) is -5.11. The Morgan fingerprint density at radius 3 is 2.02 bits per heavy atom. The SMILES string of the molecule is CSOO[O-].Cc1cc(C)c(Nc2cc(S(=O)(=O)[O-])c(N)c3c2C(=O)c2ccccc2C3=O)c(C)c1NC(=O)C(Br)CBr.[Na+].[Na+]. The van der Waals surface area contributed by atoms with Crippen LogP contribution in [0.5, 0.6) is 0 Å². The van der Waals surface area contributed by atoms with Crippen LogP contribution in [0.25, 0.3) is 0 Å². The molecule has 0 fully saturated rings. The van der Waals surface area contributed by atoms with E-state index < -0.39 is 37.1 Å². The first kappa shape index (κ1) is 42.2. The van der Waals surface area contributed by atoms with E-state index in [2.05, 4.69) is 51.9 Å². The second-order valence-electron chi connectivity index (χ2n) is 9.17. The molecule has 4 rings (SSSR count). The number of ketones is 2. The number of rotatable bonds is 8. The molecule has 1 aliphatic rings. The molecule has 1 aliphatic carbocycles. The standard InChI is InChI=1S/C26H23Br2N3O6S.CH4O3S.2Na/c1-11-8-12(2)23(31-26(34)16(28)10-27)13(3)22(11)30-17-9-18(38(35,36)37)21(29)20-19(17)24(32)14-6-4-5-7-15(14)25(20)33;1-5-4-3-2;;/h4-9,16,30H,10,29H2,1-3H3,(H,31,34)(H,35,36,37);2H,1H3;;/q;;2*+1/p-2. The number of carbonyl (C=O) groups excluding carboxylic acids is 3. The summed E-state index contributed by atoms with van der Waals surface area (Å²) >= 11 is 7.42. The van der Waals surface area contributed by atoms with Crippen LogP contribution >= 0.6 is 43.9 Å². The van der Waals surface area contributed by atoms with Crippen molar-refractivity contribution >= 4 is 94.2 Å². The molecule has 0 saturated heterocycles. The van der Waals surface area contributed by atoms with Crippen molar-refractivity contribution in [3.8, 4) is 0 Å². The summed E-state index contributed by atoms with van der Waals surface area (Å²) in [6, 6.07) is 8.89. The van der Waals surface area contributed by atoms with Crippen molar-refractivity contribution in [1.29, 1.82) is 0 Å². The molecule has 0 aliphatic heterocycles. The van der Waals surface area contributed by atoms with Crippen molar-refractivity contribution in [1.82, 2.24) is 0 Å². The molecule has 3 aromatic rings. The van der Waals surface area contributed by atoms with Gasteiger partial charge in [-0.15, -0.1) is 0 Å². The van der Waals surface area contributed by atoms with Gasteiger partial charge in [0.05, 0.1) is 27.4 Å². The molecular weight excluding hydrogens is 780 g/mol. The van der Waals surface area contributed by atoms with Gasteiger partial charge in [-0.2, -0.15) is 4.33 Å². The fraction of sp³-hybridized carbons (Fsp3) is 0.222. The Morgan fingerprint density at radius 2 is 1.56 bits per heavy atom. The van der Waals surface area contributed by atoms with Crippen LogP contribution in [0.4, 0.5) is 22.7 Å². The van der Waals surface area contributed by atoms with Crippen molar-refractivity contribution in [2.24, 2.45) is 0 Å². The second-order valence-corrected chi connectivity index (χ2v) is 12.7. The summed E-state index contributed by atoms with van der Waals surface area (Å²) in [5.41, 5.74) is 8.15. The van der Waals surface area contributed by atoms with E-state index in [0.29, 0.717) is 27.8 Å². The molecule has 45 heavy (non-hydrogen) atoms.